The van der Waals surface area contributed by atoms with E-state index in [9.17, 15) is 5.11 Å². The summed E-state index contributed by atoms with van der Waals surface area (Å²) in [7, 11) is 4.29. The Morgan fingerprint density at radius 2 is 2.19 bits per heavy atom. The highest BCUT2D eigenvalue weighted by Crippen LogP contribution is 2.16. The van der Waals surface area contributed by atoms with Crippen molar-refractivity contribution in [3.63, 3.8) is 0 Å². The van der Waals surface area contributed by atoms with Gasteiger partial charge in [-0.05, 0) is 40.5 Å². The zero-order valence-corrected chi connectivity index (χ0v) is 11.2. The number of likely N-dealkylation sites (tertiary alicyclic amines) is 1. The lowest BCUT2D eigenvalue weighted by Gasteiger charge is -2.33. The molecule has 1 saturated heterocycles. The van der Waals surface area contributed by atoms with Gasteiger partial charge >= 0.3 is 0 Å². The summed E-state index contributed by atoms with van der Waals surface area (Å²) in [6, 6.07) is 0.671. The molecule has 0 saturated carbocycles. The van der Waals surface area contributed by atoms with Crippen LogP contribution < -0.4 is 5.32 Å². The molecular formula is C12H27N3O. The smallest absolute Gasteiger partial charge is 0.0623 e. The number of nitrogens with one attached hydrogen (secondary N) is 1. The molecule has 1 aliphatic heterocycles. The number of hydrogen-bond donors (Lipinski definition) is 2. The molecule has 0 radical (unpaired) electrons. The normalized spacial score (nSPS) is 26.2. The molecule has 2 atom stereocenters. The van der Waals surface area contributed by atoms with Gasteiger partial charge in [0.2, 0.25) is 0 Å². The third-order valence-corrected chi connectivity index (χ3v) is 3.50. The van der Waals surface area contributed by atoms with Gasteiger partial charge in [-0.3, -0.25) is 4.90 Å². The van der Waals surface area contributed by atoms with E-state index in [0.717, 1.165) is 26.2 Å². The average molecular weight is 229 g/mol. The average Bonchev–Trinajstić information content (AvgIpc) is 2.66. The van der Waals surface area contributed by atoms with Gasteiger partial charge in [-0.1, -0.05) is 6.92 Å². The monoisotopic (exact) mass is 229 g/mol. The van der Waals surface area contributed by atoms with Crippen LogP contribution in [0.5, 0.6) is 0 Å². The van der Waals surface area contributed by atoms with Crippen molar-refractivity contribution in [1.29, 1.82) is 0 Å². The van der Waals surface area contributed by atoms with Crippen LogP contribution in [0, 0.1) is 0 Å². The van der Waals surface area contributed by atoms with Gasteiger partial charge < -0.3 is 15.3 Å². The lowest BCUT2D eigenvalue weighted by atomic mass is 10.0. The number of likely N-dealkylation sites (N-methyl/N-ethyl adjacent to an activating group) is 2. The third-order valence-electron chi connectivity index (χ3n) is 3.50. The summed E-state index contributed by atoms with van der Waals surface area (Å²) in [6.07, 6.45) is 1.24. The van der Waals surface area contributed by atoms with Crippen LogP contribution >= 0.6 is 0 Å². The van der Waals surface area contributed by atoms with E-state index in [1.165, 1.54) is 6.42 Å². The lowest BCUT2D eigenvalue weighted by Crippen LogP contribution is -2.53. The Hall–Kier alpha value is -0.160. The Morgan fingerprint density at radius 1 is 1.50 bits per heavy atom. The minimum absolute atomic E-state index is 0.157. The van der Waals surface area contributed by atoms with Crippen LogP contribution in [0.2, 0.25) is 0 Å². The summed E-state index contributed by atoms with van der Waals surface area (Å²) >= 11 is 0. The summed E-state index contributed by atoms with van der Waals surface area (Å²) in [5.41, 5.74) is -0.157. The van der Waals surface area contributed by atoms with Crippen molar-refractivity contribution in [2.75, 3.05) is 46.9 Å². The fraction of sp³-hybridized carbons (Fsp3) is 1.00. The zero-order valence-electron chi connectivity index (χ0n) is 11.2. The molecule has 96 valence electrons. The second kappa shape index (κ2) is 5.96. The van der Waals surface area contributed by atoms with Crippen molar-refractivity contribution < 1.29 is 5.11 Å². The largest absolute Gasteiger partial charge is 0.394 e. The molecule has 2 N–H and O–H groups in total. The van der Waals surface area contributed by atoms with Gasteiger partial charge in [-0.15, -0.1) is 0 Å². The van der Waals surface area contributed by atoms with E-state index < -0.39 is 0 Å². The molecule has 1 heterocycles. The van der Waals surface area contributed by atoms with Crippen molar-refractivity contribution in [2.24, 2.45) is 0 Å². The van der Waals surface area contributed by atoms with Crippen molar-refractivity contribution in [2.45, 2.75) is 31.8 Å². The maximum Gasteiger partial charge on any atom is 0.0623 e. The molecular weight excluding hydrogens is 202 g/mol. The van der Waals surface area contributed by atoms with Crippen molar-refractivity contribution in [1.82, 2.24) is 15.1 Å². The number of hydrogen-bond acceptors (Lipinski definition) is 4. The molecule has 1 fully saturated rings. The Bertz CT molecular complexity index is 210. The first-order valence-electron chi connectivity index (χ1n) is 6.25. The molecule has 0 aliphatic carbocycles. The molecule has 4 nitrogen and oxygen atoms in total. The van der Waals surface area contributed by atoms with Crippen molar-refractivity contribution >= 4 is 0 Å². The summed E-state index contributed by atoms with van der Waals surface area (Å²) in [5, 5.41) is 12.8. The van der Waals surface area contributed by atoms with E-state index in [1.54, 1.807) is 0 Å². The Kier molecular flexibility index (Phi) is 5.18. The van der Waals surface area contributed by atoms with Crippen molar-refractivity contribution in [3.8, 4) is 0 Å². The topological polar surface area (TPSA) is 38.7 Å². The minimum atomic E-state index is -0.157. The van der Waals surface area contributed by atoms with Crippen LogP contribution in [0.4, 0.5) is 0 Å². The molecule has 1 rings (SSSR count). The standard InChI is InChI=1S/C12H27N3O/c1-5-13-12(2,10-16)9-15-7-6-11(8-15)14(3)4/h11,13,16H,5-10H2,1-4H3. The van der Waals surface area contributed by atoms with E-state index in [2.05, 4.69) is 43.1 Å². The SMILES string of the molecule is CCNC(C)(CO)CN1CCC(N(C)C)C1. The summed E-state index contributed by atoms with van der Waals surface area (Å²) in [5.74, 6) is 0. The van der Waals surface area contributed by atoms with E-state index in [-0.39, 0.29) is 12.1 Å². The number of aliphatic hydroxyl groups is 1. The van der Waals surface area contributed by atoms with Gasteiger partial charge in [-0.2, -0.15) is 0 Å². The van der Waals surface area contributed by atoms with Crippen molar-refractivity contribution in [3.05, 3.63) is 0 Å². The molecule has 2 unspecified atom stereocenters. The van der Waals surface area contributed by atoms with Crippen LogP contribution in [0.15, 0.2) is 0 Å². The number of rotatable bonds is 6. The molecule has 1 aliphatic rings. The first kappa shape index (κ1) is 13.9. The second-order valence-corrected chi connectivity index (χ2v) is 5.39. The van der Waals surface area contributed by atoms with Gasteiger partial charge in [0, 0.05) is 19.1 Å². The first-order valence-corrected chi connectivity index (χ1v) is 6.25. The minimum Gasteiger partial charge on any atom is -0.394 e. The predicted molar refractivity (Wildman–Crippen MR) is 67.7 cm³/mol. The number of nitrogens with zero attached hydrogens (tertiary/aromatic N) is 2. The molecule has 0 amide bonds. The van der Waals surface area contributed by atoms with Crippen LogP contribution in [0.25, 0.3) is 0 Å². The van der Waals surface area contributed by atoms with Crippen LogP contribution in [0.3, 0.4) is 0 Å². The highest BCUT2D eigenvalue weighted by Gasteiger charge is 2.30. The second-order valence-electron chi connectivity index (χ2n) is 5.39. The van der Waals surface area contributed by atoms with E-state index in [1.807, 2.05) is 0 Å². The Morgan fingerprint density at radius 3 is 2.62 bits per heavy atom. The summed E-state index contributed by atoms with van der Waals surface area (Å²) < 4.78 is 0. The van der Waals surface area contributed by atoms with E-state index in [0.29, 0.717) is 6.04 Å². The third kappa shape index (κ3) is 3.70. The lowest BCUT2D eigenvalue weighted by molar-refractivity contribution is 0.129. The van der Waals surface area contributed by atoms with Gasteiger partial charge in [-0.25, -0.2) is 0 Å². The van der Waals surface area contributed by atoms with E-state index in [4.69, 9.17) is 0 Å². The van der Waals surface area contributed by atoms with Gasteiger partial charge in [0.25, 0.3) is 0 Å². The quantitative estimate of drug-likeness (QED) is 0.671. The molecule has 16 heavy (non-hydrogen) atoms. The maximum absolute atomic E-state index is 9.45. The maximum atomic E-state index is 9.45. The Balaban J connectivity index is 2.42. The zero-order chi connectivity index (χ0) is 12.2. The van der Waals surface area contributed by atoms with Gasteiger partial charge in [0.15, 0.2) is 0 Å². The molecule has 0 bridgehead atoms. The molecule has 4 heteroatoms. The molecule has 0 spiro atoms. The van der Waals surface area contributed by atoms with Crippen LogP contribution in [-0.4, -0.2) is 73.4 Å². The first-order chi connectivity index (χ1) is 7.50. The van der Waals surface area contributed by atoms with E-state index >= 15 is 0 Å². The fourth-order valence-corrected chi connectivity index (χ4v) is 2.46. The molecule has 0 aromatic heterocycles. The summed E-state index contributed by atoms with van der Waals surface area (Å²) in [6.45, 7) is 8.48. The molecule has 0 aromatic rings. The Labute approximate surface area is 99.6 Å². The predicted octanol–water partition coefficient (Wildman–Crippen LogP) is -0.0172. The number of aliphatic hydroxyl groups excluding tert-OH is 1. The highest BCUT2D eigenvalue weighted by molar-refractivity contribution is 4.90. The molecule has 0 aromatic carbocycles. The summed E-state index contributed by atoms with van der Waals surface area (Å²) in [4.78, 5) is 4.74. The van der Waals surface area contributed by atoms with Crippen LogP contribution in [-0.2, 0) is 0 Å². The van der Waals surface area contributed by atoms with Gasteiger partial charge in [0.05, 0.1) is 12.1 Å². The van der Waals surface area contributed by atoms with Gasteiger partial charge in [0.1, 0.15) is 0 Å². The highest BCUT2D eigenvalue weighted by atomic mass is 16.3. The van der Waals surface area contributed by atoms with Crippen LogP contribution in [0.1, 0.15) is 20.3 Å². The fourth-order valence-electron chi connectivity index (χ4n) is 2.46.